The van der Waals surface area contributed by atoms with Crippen molar-refractivity contribution in [2.24, 2.45) is 0 Å². The number of nitrogens with zero attached hydrogens (tertiary/aromatic N) is 1. The van der Waals surface area contributed by atoms with Crippen molar-refractivity contribution in [1.29, 1.82) is 0 Å². The first kappa shape index (κ1) is 14.5. The van der Waals surface area contributed by atoms with Crippen LogP contribution in [0, 0.1) is 0 Å². The van der Waals surface area contributed by atoms with Crippen molar-refractivity contribution in [1.82, 2.24) is 4.98 Å². The highest BCUT2D eigenvalue weighted by Crippen LogP contribution is 2.24. The lowest BCUT2D eigenvalue weighted by molar-refractivity contribution is 0.404. The van der Waals surface area contributed by atoms with Gasteiger partial charge < -0.3 is 9.15 Å². The Balaban J connectivity index is 1.79. The second-order valence-corrected chi connectivity index (χ2v) is 6.07. The number of oxazole rings is 1. The van der Waals surface area contributed by atoms with E-state index in [0.29, 0.717) is 22.2 Å². The van der Waals surface area contributed by atoms with Crippen LogP contribution in [0.15, 0.2) is 70.2 Å². The number of para-hydroxylation sites is 1. The molecular formula is C17H15NO3S. The van der Waals surface area contributed by atoms with Gasteiger partial charge in [-0.25, -0.2) is 4.98 Å². The van der Waals surface area contributed by atoms with Crippen LogP contribution in [0.5, 0.6) is 5.75 Å². The van der Waals surface area contributed by atoms with E-state index in [4.69, 9.17) is 9.15 Å². The van der Waals surface area contributed by atoms with E-state index in [-0.39, 0.29) is 5.75 Å². The molecule has 0 N–H and O–H groups in total. The Morgan fingerprint density at radius 1 is 1.09 bits per heavy atom. The second-order valence-electron chi connectivity index (χ2n) is 4.65. The minimum Gasteiger partial charge on any atom is -0.495 e. The van der Waals surface area contributed by atoms with Crippen LogP contribution >= 0.6 is 0 Å². The van der Waals surface area contributed by atoms with Gasteiger partial charge >= 0.3 is 0 Å². The van der Waals surface area contributed by atoms with Crippen LogP contribution in [0.25, 0.3) is 11.5 Å². The lowest BCUT2D eigenvalue weighted by Gasteiger charge is -2.06. The van der Waals surface area contributed by atoms with E-state index < -0.39 is 10.8 Å². The smallest absolute Gasteiger partial charge is 0.226 e. The Morgan fingerprint density at radius 3 is 2.59 bits per heavy atom. The van der Waals surface area contributed by atoms with Crippen LogP contribution in [0.3, 0.4) is 0 Å². The van der Waals surface area contributed by atoms with E-state index in [2.05, 4.69) is 4.98 Å². The van der Waals surface area contributed by atoms with Crippen molar-refractivity contribution in [3.63, 3.8) is 0 Å². The Kier molecular flexibility index (Phi) is 4.34. The first-order valence-electron chi connectivity index (χ1n) is 6.79. The highest BCUT2D eigenvalue weighted by molar-refractivity contribution is 7.84. The van der Waals surface area contributed by atoms with E-state index >= 15 is 0 Å². The monoisotopic (exact) mass is 313 g/mol. The van der Waals surface area contributed by atoms with Crippen molar-refractivity contribution in [3.8, 4) is 17.2 Å². The van der Waals surface area contributed by atoms with Gasteiger partial charge in [-0.1, -0.05) is 30.3 Å². The van der Waals surface area contributed by atoms with Crippen LogP contribution in [0.1, 0.15) is 5.69 Å². The summed E-state index contributed by atoms with van der Waals surface area (Å²) in [6.07, 6.45) is 1.55. The third-order valence-corrected chi connectivity index (χ3v) is 4.55. The maximum absolute atomic E-state index is 12.5. The van der Waals surface area contributed by atoms with Crippen molar-refractivity contribution in [2.75, 3.05) is 7.11 Å². The van der Waals surface area contributed by atoms with Gasteiger partial charge in [0.2, 0.25) is 5.89 Å². The molecule has 22 heavy (non-hydrogen) atoms. The minimum absolute atomic E-state index is 0.288. The maximum Gasteiger partial charge on any atom is 0.226 e. The molecule has 2 aromatic carbocycles. The highest BCUT2D eigenvalue weighted by Gasteiger charge is 2.14. The van der Waals surface area contributed by atoms with E-state index in [1.54, 1.807) is 25.5 Å². The van der Waals surface area contributed by atoms with Gasteiger partial charge in [0.1, 0.15) is 12.0 Å². The first-order valence-corrected chi connectivity index (χ1v) is 8.11. The SMILES string of the molecule is COc1ccccc1S(=O)Cc1coc(-c2ccccc2)n1. The molecule has 0 bridgehead atoms. The molecule has 5 heteroatoms. The van der Waals surface area contributed by atoms with Crippen LogP contribution < -0.4 is 4.74 Å². The maximum atomic E-state index is 12.5. The molecule has 0 aliphatic heterocycles. The van der Waals surface area contributed by atoms with Gasteiger partial charge in [-0.15, -0.1) is 0 Å². The zero-order chi connectivity index (χ0) is 15.4. The number of ether oxygens (including phenoxy) is 1. The third-order valence-electron chi connectivity index (χ3n) is 3.17. The van der Waals surface area contributed by atoms with Gasteiger partial charge in [-0.2, -0.15) is 0 Å². The molecule has 0 radical (unpaired) electrons. The summed E-state index contributed by atoms with van der Waals surface area (Å²) in [4.78, 5) is 5.06. The normalized spacial score (nSPS) is 12.0. The van der Waals surface area contributed by atoms with Gasteiger partial charge in [-0.05, 0) is 24.3 Å². The lowest BCUT2D eigenvalue weighted by Crippen LogP contribution is -1.99. The Morgan fingerprint density at radius 2 is 1.82 bits per heavy atom. The summed E-state index contributed by atoms with van der Waals surface area (Å²) in [6.45, 7) is 0. The molecule has 0 fully saturated rings. The zero-order valence-corrected chi connectivity index (χ0v) is 12.9. The number of aromatic nitrogens is 1. The molecule has 1 heterocycles. The van der Waals surface area contributed by atoms with Gasteiger partial charge in [-0.3, -0.25) is 4.21 Å². The summed E-state index contributed by atoms with van der Waals surface area (Å²) in [6, 6.07) is 16.9. The summed E-state index contributed by atoms with van der Waals surface area (Å²) >= 11 is 0. The third kappa shape index (κ3) is 3.09. The van der Waals surface area contributed by atoms with E-state index in [1.165, 1.54) is 0 Å². The van der Waals surface area contributed by atoms with Gasteiger partial charge in [0, 0.05) is 5.56 Å². The standard InChI is InChI=1S/C17H15NO3S/c1-20-15-9-5-6-10-16(15)22(19)12-14-11-21-17(18-14)13-7-3-2-4-8-13/h2-11H,12H2,1H3. The van der Waals surface area contributed by atoms with Gasteiger partial charge in [0.05, 0.1) is 34.3 Å². The van der Waals surface area contributed by atoms with E-state index in [9.17, 15) is 4.21 Å². The molecule has 0 spiro atoms. The van der Waals surface area contributed by atoms with Crippen LogP contribution in [0.2, 0.25) is 0 Å². The molecule has 0 aliphatic carbocycles. The van der Waals surface area contributed by atoms with Crippen molar-refractivity contribution in [3.05, 3.63) is 66.6 Å². The highest BCUT2D eigenvalue weighted by atomic mass is 32.2. The predicted molar refractivity (Wildman–Crippen MR) is 85.0 cm³/mol. The number of rotatable bonds is 5. The summed E-state index contributed by atoms with van der Waals surface area (Å²) in [5.41, 5.74) is 1.56. The van der Waals surface area contributed by atoms with E-state index in [1.807, 2.05) is 42.5 Å². The van der Waals surface area contributed by atoms with Crippen LogP contribution in [-0.4, -0.2) is 16.3 Å². The Hall–Kier alpha value is -2.40. The summed E-state index contributed by atoms with van der Waals surface area (Å²) in [5.74, 6) is 1.44. The molecule has 0 aliphatic rings. The number of hydrogen-bond donors (Lipinski definition) is 0. The fraction of sp³-hybridized carbons (Fsp3) is 0.118. The fourth-order valence-corrected chi connectivity index (χ4v) is 3.27. The minimum atomic E-state index is -1.24. The number of benzene rings is 2. The Bertz CT molecular complexity index is 783. The van der Waals surface area contributed by atoms with Gasteiger partial charge in [0.15, 0.2) is 0 Å². The molecule has 0 saturated heterocycles. The number of hydrogen-bond acceptors (Lipinski definition) is 4. The molecule has 0 amide bonds. The molecule has 4 nitrogen and oxygen atoms in total. The molecular weight excluding hydrogens is 298 g/mol. The molecule has 3 aromatic rings. The first-order chi connectivity index (χ1) is 10.8. The van der Waals surface area contributed by atoms with Crippen LogP contribution in [-0.2, 0) is 16.6 Å². The second kappa shape index (κ2) is 6.58. The quantitative estimate of drug-likeness (QED) is 0.721. The molecule has 1 aromatic heterocycles. The molecule has 0 saturated carbocycles. The van der Waals surface area contributed by atoms with Gasteiger partial charge in [0.25, 0.3) is 0 Å². The summed E-state index contributed by atoms with van der Waals surface area (Å²) < 4.78 is 23.2. The zero-order valence-electron chi connectivity index (χ0n) is 12.1. The molecule has 3 rings (SSSR count). The summed E-state index contributed by atoms with van der Waals surface area (Å²) in [5, 5.41) is 0. The molecule has 1 unspecified atom stereocenters. The van der Waals surface area contributed by atoms with Crippen molar-refractivity contribution >= 4 is 10.8 Å². The van der Waals surface area contributed by atoms with Crippen LogP contribution in [0.4, 0.5) is 0 Å². The lowest BCUT2D eigenvalue weighted by atomic mass is 10.2. The van der Waals surface area contributed by atoms with Crippen molar-refractivity contribution in [2.45, 2.75) is 10.6 Å². The average molecular weight is 313 g/mol. The number of methoxy groups -OCH3 is 1. The average Bonchev–Trinajstić information content (AvgIpc) is 3.04. The molecule has 1 atom stereocenters. The topological polar surface area (TPSA) is 52.3 Å². The van der Waals surface area contributed by atoms with E-state index in [0.717, 1.165) is 5.56 Å². The fourth-order valence-electron chi connectivity index (χ4n) is 2.11. The Labute approximate surface area is 131 Å². The largest absolute Gasteiger partial charge is 0.495 e. The van der Waals surface area contributed by atoms with Crippen molar-refractivity contribution < 1.29 is 13.4 Å². The summed E-state index contributed by atoms with van der Waals surface area (Å²) in [7, 11) is 0.333. The molecule has 112 valence electrons. The predicted octanol–water partition coefficient (Wildman–Crippen LogP) is 3.66.